The lowest BCUT2D eigenvalue weighted by molar-refractivity contribution is -0.136. The summed E-state index contributed by atoms with van der Waals surface area (Å²) in [6.07, 6.45) is 0.507. The lowest BCUT2D eigenvalue weighted by Crippen LogP contribution is -2.39. The Morgan fingerprint density at radius 1 is 1.33 bits per heavy atom. The first-order chi connectivity index (χ1) is 9.99. The lowest BCUT2D eigenvalue weighted by Gasteiger charge is -2.17. The average molecular weight is 298 g/mol. The summed E-state index contributed by atoms with van der Waals surface area (Å²) in [6, 6.07) is 5.39. The maximum Gasteiger partial charge on any atom is 0.317 e. The van der Waals surface area contributed by atoms with Crippen LogP contribution in [0.4, 0.5) is 9.18 Å². The van der Waals surface area contributed by atoms with E-state index in [1.54, 1.807) is 7.05 Å². The first-order valence-corrected chi connectivity index (χ1v) is 6.58. The van der Waals surface area contributed by atoms with Gasteiger partial charge in [-0.25, -0.2) is 9.18 Å². The Balaban J connectivity index is 2.15. The van der Waals surface area contributed by atoms with Crippen molar-refractivity contribution in [3.8, 4) is 5.75 Å². The van der Waals surface area contributed by atoms with Gasteiger partial charge >= 0.3 is 12.0 Å². The predicted molar refractivity (Wildman–Crippen MR) is 74.8 cm³/mol. The number of ether oxygens (including phenoxy) is 1. The monoisotopic (exact) mass is 298 g/mol. The number of hydrogen-bond acceptors (Lipinski definition) is 3. The van der Waals surface area contributed by atoms with Crippen molar-refractivity contribution in [2.75, 3.05) is 26.7 Å². The molecule has 0 bridgehead atoms. The van der Waals surface area contributed by atoms with Gasteiger partial charge in [-0.3, -0.25) is 4.79 Å². The molecule has 0 aliphatic heterocycles. The number of amides is 2. The van der Waals surface area contributed by atoms with Crippen molar-refractivity contribution in [1.29, 1.82) is 0 Å². The second-order valence-electron chi connectivity index (χ2n) is 4.45. The molecule has 1 rings (SSSR count). The molecule has 0 heterocycles. The molecule has 0 saturated heterocycles. The molecule has 0 spiro atoms. The molecule has 6 nitrogen and oxygen atoms in total. The Morgan fingerprint density at radius 2 is 2.00 bits per heavy atom. The highest BCUT2D eigenvalue weighted by Crippen LogP contribution is 2.11. The largest absolute Gasteiger partial charge is 0.494 e. The van der Waals surface area contributed by atoms with Gasteiger partial charge in [0.1, 0.15) is 11.6 Å². The predicted octanol–water partition coefficient (Wildman–Crippen LogP) is 1.71. The SMILES string of the molecule is CN(CCCOc1ccc(F)cc1)C(=O)NCCC(=O)O. The van der Waals surface area contributed by atoms with E-state index in [0.717, 1.165) is 0 Å². The Bertz CT molecular complexity index is 465. The van der Waals surface area contributed by atoms with Crippen LogP contribution in [0, 0.1) is 5.82 Å². The van der Waals surface area contributed by atoms with E-state index < -0.39 is 5.97 Å². The van der Waals surface area contributed by atoms with Crippen molar-refractivity contribution >= 4 is 12.0 Å². The van der Waals surface area contributed by atoms with E-state index in [9.17, 15) is 14.0 Å². The van der Waals surface area contributed by atoms with Crippen molar-refractivity contribution in [3.63, 3.8) is 0 Å². The van der Waals surface area contributed by atoms with Gasteiger partial charge in [-0.05, 0) is 30.7 Å². The Hall–Kier alpha value is -2.31. The molecule has 0 saturated carbocycles. The molecular weight excluding hydrogens is 279 g/mol. The van der Waals surface area contributed by atoms with Crippen LogP contribution in [0.25, 0.3) is 0 Å². The minimum atomic E-state index is -0.953. The zero-order valence-electron chi connectivity index (χ0n) is 11.8. The van der Waals surface area contributed by atoms with E-state index >= 15 is 0 Å². The van der Waals surface area contributed by atoms with Gasteiger partial charge in [0.25, 0.3) is 0 Å². The van der Waals surface area contributed by atoms with Crippen molar-refractivity contribution in [1.82, 2.24) is 10.2 Å². The Kier molecular flexibility index (Phi) is 7.00. The molecule has 7 heteroatoms. The second-order valence-corrected chi connectivity index (χ2v) is 4.45. The van der Waals surface area contributed by atoms with E-state index in [1.807, 2.05) is 0 Å². The van der Waals surface area contributed by atoms with Crippen molar-refractivity contribution in [2.24, 2.45) is 0 Å². The minimum absolute atomic E-state index is 0.102. The molecule has 1 aromatic carbocycles. The fraction of sp³-hybridized carbons (Fsp3) is 0.429. The molecule has 2 N–H and O–H groups in total. The number of benzene rings is 1. The fourth-order valence-electron chi connectivity index (χ4n) is 1.54. The van der Waals surface area contributed by atoms with E-state index in [2.05, 4.69) is 5.32 Å². The molecule has 2 amide bonds. The molecule has 0 aromatic heterocycles. The van der Waals surface area contributed by atoms with Gasteiger partial charge in [0.15, 0.2) is 0 Å². The standard InChI is InChI=1S/C14H19FN2O4/c1-17(14(20)16-8-7-13(18)19)9-2-10-21-12-5-3-11(15)4-6-12/h3-6H,2,7-10H2,1H3,(H,16,20)(H,18,19). The van der Waals surface area contributed by atoms with E-state index in [1.165, 1.54) is 29.2 Å². The lowest BCUT2D eigenvalue weighted by atomic mass is 10.3. The number of halogens is 1. The molecule has 0 aliphatic rings. The van der Waals surface area contributed by atoms with E-state index in [-0.39, 0.29) is 24.8 Å². The summed E-state index contributed by atoms with van der Waals surface area (Å²) in [5.74, 6) is -0.698. The summed E-state index contributed by atoms with van der Waals surface area (Å²) in [5, 5.41) is 11.0. The fourth-order valence-corrected chi connectivity index (χ4v) is 1.54. The van der Waals surface area contributed by atoms with Gasteiger partial charge in [0.05, 0.1) is 13.0 Å². The number of carbonyl (C=O) groups excluding carboxylic acids is 1. The maximum absolute atomic E-state index is 12.7. The number of aliphatic carboxylic acids is 1. The zero-order valence-corrected chi connectivity index (χ0v) is 11.8. The van der Waals surface area contributed by atoms with Crippen LogP contribution < -0.4 is 10.1 Å². The second kappa shape index (κ2) is 8.78. The Morgan fingerprint density at radius 3 is 2.62 bits per heavy atom. The highest BCUT2D eigenvalue weighted by Gasteiger charge is 2.08. The average Bonchev–Trinajstić information content (AvgIpc) is 2.44. The Labute approximate surface area is 122 Å². The normalized spacial score (nSPS) is 10.0. The van der Waals surface area contributed by atoms with Gasteiger partial charge in [-0.2, -0.15) is 0 Å². The number of rotatable bonds is 8. The van der Waals surface area contributed by atoms with Crippen LogP contribution in [-0.4, -0.2) is 48.8 Å². The molecule has 21 heavy (non-hydrogen) atoms. The molecule has 0 atom stereocenters. The van der Waals surface area contributed by atoms with Gasteiger partial charge in [-0.1, -0.05) is 0 Å². The zero-order chi connectivity index (χ0) is 15.7. The van der Waals surface area contributed by atoms with E-state index in [4.69, 9.17) is 9.84 Å². The first kappa shape index (κ1) is 16.7. The number of hydrogen-bond donors (Lipinski definition) is 2. The summed E-state index contributed by atoms with van der Waals surface area (Å²) >= 11 is 0. The summed E-state index contributed by atoms with van der Waals surface area (Å²) in [5.41, 5.74) is 0. The highest BCUT2D eigenvalue weighted by molar-refractivity contribution is 5.74. The molecule has 116 valence electrons. The molecule has 0 unspecified atom stereocenters. The molecule has 1 aromatic rings. The van der Waals surface area contributed by atoms with Crippen LogP contribution >= 0.6 is 0 Å². The van der Waals surface area contributed by atoms with E-state index in [0.29, 0.717) is 25.3 Å². The third kappa shape index (κ3) is 7.14. The third-order valence-electron chi connectivity index (χ3n) is 2.68. The van der Waals surface area contributed by atoms with Crippen LogP contribution in [0.15, 0.2) is 24.3 Å². The van der Waals surface area contributed by atoms with Crippen molar-refractivity contribution < 1.29 is 23.8 Å². The summed E-state index contributed by atoms with van der Waals surface area (Å²) in [7, 11) is 1.62. The quantitative estimate of drug-likeness (QED) is 0.716. The number of urea groups is 1. The van der Waals surface area contributed by atoms with Crippen molar-refractivity contribution in [3.05, 3.63) is 30.1 Å². The minimum Gasteiger partial charge on any atom is -0.494 e. The van der Waals surface area contributed by atoms with Crippen LogP contribution in [0.2, 0.25) is 0 Å². The number of carbonyl (C=O) groups is 2. The van der Waals surface area contributed by atoms with Crippen LogP contribution in [0.5, 0.6) is 5.75 Å². The molecule has 0 fully saturated rings. The number of carboxylic acids is 1. The molecular formula is C14H19FN2O4. The van der Waals surface area contributed by atoms with Gasteiger partial charge in [0.2, 0.25) is 0 Å². The van der Waals surface area contributed by atoms with Crippen LogP contribution in [0.3, 0.4) is 0 Å². The smallest absolute Gasteiger partial charge is 0.317 e. The number of nitrogens with one attached hydrogen (secondary N) is 1. The van der Waals surface area contributed by atoms with Crippen molar-refractivity contribution in [2.45, 2.75) is 12.8 Å². The summed E-state index contributed by atoms with van der Waals surface area (Å²) in [6.45, 7) is 0.975. The summed E-state index contributed by atoms with van der Waals surface area (Å²) < 4.78 is 18.1. The number of nitrogens with zero attached hydrogens (tertiary/aromatic N) is 1. The number of carboxylic acid groups (broad SMARTS) is 1. The van der Waals surface area contributed by atoms with Gasteiger partial charge < -0.3 is 20.1 Å². The van der Waals surface area contributed by atoms with Crippen LogP contribution in [-0.2, 0) is 4.79 Å². The highest BCUT2D eigenvalue weighted by atomic mass is 19.1. The summed E-state index contributed by atoms with van der Waals surface area (Å²) in [4.78, 5) is 23.3. The molecule has 0 radical (unpaired) electrons. The van der Waals surface area contributed by atoms with Gasteiger partial charge in [0, 0.05) is 20.1 Å². The topological polar surface area (TPSA) is 78.9 Å². The first-order valence-electron chi connectivity index (χ1n) is 6.58. The van der Waals surface area contributed by atoms with Crippen LogP contribution in [0.1, 0.15) is 12.8 Å². The third-order valence-corrected chi connectivity index (χ3v) is 2.68. The molecule has 0 aliphatic carbocycles. The maximum atomic E-state index is 12.7. The van der Waals surface area contributed by atoms with Gasteiger partial charge in [-0.15, -0.1) is 0 Å².